The molecule has 0 aliphatic carbocycles. The fraction of sp³-hybridized carbons (Fsp3) is 0.692. The van der Waals surface area contributed by atoms with Crippen LogP contribution in [-0.2, 0) is 9.59 Å². The predicted molar refractivity (Wildman–Crippen MR) is 77.3 cm³/mol. The van der Waals surface area contributed by atoms with E-state index < -0.39 is 0 Å². The average molecular weight is 296 g/mol. The van der Waals surface area contributed by atoms with Crippen molar-refractivity contribution in [2.75, 3.05) is 18.4 Å². The van der Waals surface area contributed by atoms with Crippen LogP contribution in [0, 0.1) is 11.8 Å². The molecule has 0 spiro atoms. The summed E-state index contributed by atoms with van der Waals surface area (Å²) in [4.78, 5) is 26.2. The molecule has 1 saturated heterocycles. The van der Waals surface area contributed by atoms with Crippen molar-refractivity contribution in [1.82, 2.24) is 15.1 Å². The van der Waals surface area contributed by atoms with E-state index in [1.54, 1.807) is 5.51 Å². The molecule has 1 fully saturated rings. The number of nitrogens with zero attached hydrogens (tertiary/aromatic N) is 3. The van der Waals surface area contributed by atoms with E-state index in [0.29, 0.717) is 11.7 Å². The molecule has 0 saturated carbocycles. The first-order valence-corrected chi connectivity index (χ1v) is 7.85. The van der Waals surface area contributed by atoms with Crippen LogP contribution in [-0.4, -0.2) is 40.0 Å². The summed E-state index contributed by atoms with van der Waals surface area (Å²) in [6.45, 7) is 5.21. The Morgan fingerprint density at radius 2 is 2.40 bits per heavy atom. The molecule has 2 unspecified atom stereocenters. The summed E-state index contributed by atoms with van der Waals surface area (Å²) >= 11 is 1.30. The van der Waals surface area contributed by atoms with E-state index in [1.165, 1.54) is 11.3 Å². The van der Waals surface area contributed by atoms with Crippen molar-refractivity contribution in [2.45, 2.75) is 33.1 Å². The number of aromatic nitrogens is 2. The summed E-state index contributed by atoms with van der Waals surface area (Å²) in [6.07, 6.45) is 2.52. The summed E-state index contributed by atoms with van der Waals surface area (Å²) < 4.78 is 0. The second-order valence-electron chi connectivity index (χ2n) is 5.17. The first-order chi connectivity index (χ1) is 9.61. The van der Waals surface area contributed by atoms with Gasteiger partial charge < -0.3 is 10.2 Å². The molecule has 0 radical (unpaired) electrons. The number of hydrogen-bond acceptors (Lipinski definition) is 5. The Balaban J connectivity index is 1.93. The third-order valence-electron chi connectivity index (χ3n) is 3.73. The maximum absolute atomic E-state index is 12.2. The first-order valence-electron chi connectivity index (χ1n) is 6.97. The van der Waals surface area contributed by atoms with Crippen LogP contribution >= 0.6 is 11.3 Å². The molecule has 0 aromatic carbocycles. The van der Waals surface area contributed by atoms with Crippen LogP contribution in [0.25, 0.3) is 0 Å². The average Bonchev–Trinajstić information content (AvgIpc) is 2.98. The van der Waals surface area contributed by atoms with Crippen LogP contribution in [0.3, 0.4) is 0 Å². The molecule has 2 rings (SSSR count). The molecule has 7 heteroatoms. The molecule has 2 atom stereocenters. The van der Waals surface area contributed by atoms with Crippen molar-refractivity contribution in [3.63, 3.8) is 0 Å². The highest BCUT2D eigenvalue weighted by molar-refractivity contribution is 7.13. The lowest BCUT2D eigenvalue weighted by Crippen LogP contribution is -2.45. The fourth-order valence-corrected chi connectivity index (χ4v) is 2.76. The van der Waals surface area contributed by atoms with Crippen molar-refractivity contribution in [3.05, 3.63) is 5.51 Å². The van der Waals surface area contributed by atoms with E-state index >= 15 is 0 Å². The zero-order valence-corrected chi connectivity index (χ0v) is 12.7. The molecule has 20 heavy (non-hydrogen) atoms. The van der Waals surface area contributed by atoms with Gasteiger partial charge >= 0.3 is 0 Å². The highest BCUT2D eigenvalue weighted by Crippen LogP contribution is 2.21. The van der Waals surface area contributed by atoms with Gasteiger partial charge in [-0.3, -0.25) is 9.59 Å². The number of likely N-dealkylation sites (tertiary alicyclic amines) is 1. The number of amides is 2. The normalized spacial score (nSPS) is 20.5. The van der Waals surface area contributed by atoms with E-state index in [9.17, 15) is 9.59 Å². The molecule has 110 valence electrons. The molecule has 1 aromatic heterocycles. The van der Waals surface area contributed by atoms with Gasteiger partial charge in [-0.25, -0.2) is 0 Å². The standard InChI is InChI=1S/C13H20N4O2S/c1-3-9(2)12(19)17-6-4-5-10(7-17)11(18)15-13-16-14-8-20-13/h8-10H,3-7H2,1-2H3,(H,15,16,18). The number of nitrogens with one attached hydrogen (secondary N) is 1. The monoisotopic (exact) mass is 296 g/mol. The summed E-state index contributed by atoms with van der Waals surface area (Å²) in [5.74, 6) is -0.0371. The highest BCUT2D eigenvalue weighted by Gasteiger charge is 2.30. The molecule has 0 bridgehead atoms. The van der Waals surface area contributed by atoms with E-state index in [1.807, 2.05) is 18.7 Å². The van der Waals surface area contributed by atoms with Crippen LogP contribution < -0.4 is 5.32 Å². The van der Waals surface area contributed by atoms with Gasteiger partial charge in [-0.15, -0.1) is 10.2 Å². The minimum absolute atomic E-state index is 0.0278. The largest absolute Gasteiger partial charge is 0.342 e. The first kappa shape index (κ1) is 14.9. The van der Waals surface area contributed by atoms with Crippen LogP contribution in [0.1, 0.15) is 33.1 Å². The van der Waals surface area contributed by atoms with Gasteiger partial charge in [-0.05, 0) is 19.3 Å². The van der Waals surface area contributed by atoms with Crippen molar-refractivity contribution in [1.29, 1.82) is 0 Å². The summed E-state index contributed by atoms with van der Waals surface area (Å²) in [5.41, 5.74) is 1.58. The minimum atomic E-state index is -0.152. The number of carbonyl (C=O) groups is 2. The van der Waals surface area contributed by atoms with Crippen LogP contribution in [0.5, 0.6) is 0 Å². The molecular formula is C13H20N4O2S. The molecule has 1 aromatic rings. The maximum atomic E-state index is 12.2. The van der Waals surface area contributed by atoms with E-state index in [2.05, 4.69) is 15.5 Å². The zero-order valence-electron chi connectivity index (χ0n) is 11.8. The Hall–Kier alpha value is -1.50. The second-order valence-corrected chi connectivity index (χ2v) is 6.00. The van der Waals surface area contributed by atoms with Gasteiger partial charge in [-0.2, -0.15) is 0 Å². The van der Waals surface area contributed by atoms with Crippen LogP contribution in [0.2, 0.25) is 0 Å². The van der Waals surface area contributed by atoms with Crippen molar-refractivity contribution < 1.29 is 9.59 Å². The molecule has 1 aliphatic heterocycles. The summed E-state index contributed by atoms with van der Waals surface area (Å²) in [6, 6.07) is 0. The smallest absolute Gasteiger partial charge is 0.231 e. The van der Waals surface area contributed by atoms with E-state index in [0.717, 1.165) is 25.8 Å². The Labute approximate surface area is 122 Å². The maximum Gasteiger partial charge on any atom is 0.231 e. The third kappa shape index (κ3) is 3.53. The SMILES string of the molecule is CCC(C)C(=O)N1CCCC(C(=O)Nc2nncs2)C1. The number of anilines is 1. The van der Waals surface area contributed by atoms with Gasteiger partial charge in [-0.1, -0.05) is 25.2 Å². The molecule has 2 amide bonds. The van der Waals surface area contributed by atoms with Gasteiger partial charge in [0.15, 0.2) is 0 Å². The van der Waals surface area contributed by atoms with Gasteiger partial charge in [0.25, 0.3) is 0 Å². The lowest BCUT2D eigenvalue weighted by atomic mass is 9.95. The summed E-state index contributed by atoms with van der Waals surface area (Å²) in [5, 5.41) is 10.8. The van der Waals surface area contributed by atoms with Crippen molar-refractivity contribution in [3.8, 4) is 0 Å². The Kier molecular flexibility index (Phi) is 5.05. The van der Waals surface area contributed by atoms with Gasteiger partial charge in [0.2, 0.25) is 16.9 Å². The predicted octanol–water partition coefficient (Wildman–Crippen LogP) is 1.76. The Bertz CT molecular complexity index is 463. The Morgan fingerprint density at radius 3 is 3.05 bits per heavy atom. The zero-order chi connectivity index (χ0) is 14.5. The lowest BCUT2D eigenvalue weighted by molar-refractivity contribution is -0.138. The molecule has 2 heterocycles. The topological polar surface area (TPSA) is 75.2 Å². The van der Waals surface area contributed by atoms with E-state index in [4.69, 9.17) is 0 Å². The van der Waals surface area contributed by atoms with Crippen molar-refractivity contribution >= 4 is 28.3 Å². The highest BCUT2D eigenvalue weighted by atomic mass is 32.1. The Morgan fingerprint density at radius 1 is 1.60 bits per heavy atom. The number of carbonyl (C=O) groups excluding carboxylic acids is 2. The van der Waals surface area contributed by atoms with E-state index in [-0.39, 0.29) is 23.7 Å². The van der Waals surface area contributed by atoms with Gasteiger partial charge in [0.1, 0.15) is 5.51 Å². The summed E-state index contributed by atoms with van der Waals surface area (Å²) in [7, 11) is 0. The molecule has 6 nitrogen and oxygen atoms in total. The van der Waals surface area contributed by atoms with Gasteiger partial charge in [0, 0.05) is 19.0 Å². The molecule has 1 N–H and O–H groups in total. The van der Waals surface area contributed by atoms with Gasteiger partial charge in [0.05, 0.1) is 5.92 Å². The quantitative estimate of drug-likeness (QED) is 0.918. The molecule has 1 aliphatic rings. The molecular weight excluding hydrogens is 276 g/mol. The fourth-order valence-electron chi connectivity index (χ4n) is 2.31. The number of rotatable bonds is 4. The minimum Gasteiger partial charge on any atom is -0.342 e. The number of hydrogen-bond donors (Lipinski definition) is 1. The van der Waals surface area contributed by atoms with Crippen LogP contribution in [0.4, 0.5) is 5.13 Å². The van der Waals surface area contributed by atoms with Crippen LogP contribution in [0.15, 0.2) is 5.51 Å². The number of piperidine rings is 1. The third-order valence-corrected chi connectivity index (χ3v) is 4.33. The second kappa shape index (κ2) is 6.78. The van der Waals surface area contributed by atoms with Crippen molar-refractivity contribution in [2.24, 2.45) is 11.8 Å². The lowest BCUT2D eigenvalue weighted by Gasteiger charge is -2.33.